The Bertz CT molecular complexity index is 1220. The van der Waals surface area contributed by atoms with Gasteiger partial charge < -0.3 is 10.6 Å². The van der Waals surface area contributed by atoms with Gasteiger partial charge in [-0.3, -0.25) is 9.59 Å². The smallest absolute Gasteiger partial charge is 0.251 e. The van der Waals surface area contributed by atoms with Gasteiger partial charge in [-0.2, -0.15) is 0 Å². The molecule has 1 aliphatic rings. The van der Waals surface area contributed by atoms with E-state index in [2.05, 4.69) is 10.6 Å². The summed E-state index contributed by atoms with van der Waals surface area (Å²) < 4.78 is 0. The Morgan fingerprint density at radius 2 is 1.06 bits per heavy atom. The lowest BCUT2D eigenvalue weighted by atomic mass is 9.81. The minimum Gasteiger partial charge on any atom is -0.352 e. The van der Waals surface area contributed by atoms with Crippen molar-refractivity contribution in [1.29, 1.82) is 0 Å². The monoisotopic (exact) mass is 450 g/mol. The van der Waals surface area contributed by atoms with Crippen LogP contribution in [0.2, 0.25) is 0 Å². The second-order valence-electron chi connectivity index (χ2n) is 9.37. The van der Waals surface area contributed by atoms with E-state index >= 15 is 0 Å². The number of amides is 2. The van der Waals surface area contributed by atoms with Gasteiger partial charge in [-0.25, -0.2) is 0 Å². The maximum absolute atomic E-state index is 12.9. The quantitative estimate of drug-likeness (QED) is 0.381. The Labute approximate surface area is 200 Å². The van der Waals surface area contributed by atoms with E-state index in [1.807, 2.05) is 84.9 Å². The van der Waals surface area contributed by atoms with Crippen LogP contribution in [0.1, 0.15) is 46.4 Å². The van der Waals surface area contributed by atoms with Gasteiger partial charge in [-0.15, -0.1) is 0 Å². The molecule has 5 rings (SSSR count). The lowest BCUT2D eigenvalue weighted by molar-refractivity contribution is 0.0937. The number of carbonyl (C=O) groups is 2. The van der Waals surface area contributed by atoms with Crippen LogP contribution < -0.4 is 10.6 Å². The van der Waals surface area contributed by atoms with Crippen molar-refractivity contribution in [2.45, 2.75) is 25.7 Å². The lowest BCUT2D eigenvalue weighted by Gasteiger charge is -2.29. The number of hydrogen-bond acceptors (Lipinski definition) is 2. The first kappa shape index (κ1) is 22.1. The summed E-state index contributed by atoms with van der Waals surface area (Å²) in [5.74, 6) is 0.852. The summed E-state index contributed by atoms with van der Waals surface area (Å²) in [5.41, 5.74) is 1.46. The maximum Gasteiger partial charge on any atom is 0.251 e. The highest BCUT2D eigenvalue weighted by molar-refractivity contribution is 6.07. The number of carbonyl (C=O) groups excluding carboxylic acids is 2. The van der Waals surface area contributed by atoms with Gasteiger partial charge in [0.15, 0.2) is 0 Å². The first-order valence-corrected chi connectivity index (χ1v) is 12.2. The third-order valence-electron chi connectivity index (χ3n) is 7.06. The zero-order chi connectivity index (χ0) is 23.3. The van der Waals surface area contributed by atoms with E-state index in [0.29, 0.717) is 24.9 Å². The van der Waals surface area contributed by atoms with Crippen molar-refractivity contribution in [2.75, 3.05) is 13.1 Å². The average molecular weight is 451 g/mol. The fourth-order valence-electron chi connectivity index (χ4n) is 5.28. The van der Waals surface area contributed by atoms with Crippen molar-refractivity contribution in [3.8, 4) is 0 Å². The first-order valence-electron chi connectivity index (χ1n) is 12.2. The lowest BCUT2D eigenvalue weighted by Crippen LogP contribution is -2.35. The summed E-state index contributed by atoms with van der Waals surface area (Å²) in [6, 6.07) is 27.7. The zero-order valence-corrected chi connectivity index (χ0v) is 19.3. The number of rotatable bonds is 6. The molecule has 0 bridgehead atoms. The predicted molar refractivity (Wildman–Crippen MR) is 138 cm³/mol. The largest absolute Gasteiger partial charge is 0.352 e. The van der Waals surface area contributed by atoms with Crippen LogP contribution in [0.4, 0.5) is 0 Å². The summed E-state index contributed by atoms with van der Waals surface area (Å²) in [6.07, 6.45) is 4.38. The normalized spacial score (nSPS) is 18.0. The molecule has 2 N–H and O–H groups in total. The fourth-order valence-corrected chi connectivity index (χ4v) is 5.28. The molecular weight excluding hydrogens is 420 g/mol. The second-order valence-corrected chi connectivity index (χ2v) is 9.37. The Morgan fingerprint density at radius 1 is 0.618 bits per heavy atom. The molecule has 172 valence electrons. The molecule has 1 saturated carbocycles. The Morgan fingerprint density at radius 3 is 1.56 bits per heavy atom. The molecule has 0 spiro atoms. The predicted octanol–water partition coefficient (Wildman–Crippen LogP) is 5.96. The molecule has 4 heteroatoms. The van der Waals surface area contributed by atoms with Crippen LogP contribution in [-0.2, 0) is 0 Å². The standard InChI is InChI=1S/C30H30N2O2/c33-29(27-16-6-12-23-10-1-3-14-25(23)27)31-19-21-8-5-9-22(18-21)20-32-30(34)28-17-7-13-24-11-2-4-15-26(24)28/h1-4,6-7,10-17,21-22H,5,8-9,18-20H2,(H,31,33)(H,32,34)/t21-,22-/m1/s1. The number of fused-ring (bicyclic) bond motifs is 2. The third kappa shape index (κ3) is 4.81. The molecule has 4 aromatic rings. The molecule has 0 heterocycles. The topological polar surface area (TPSA) is 58.2 Å². The van der Waals surface area contributed by atoms with Crippen LogP contribution >= 0.6 is 0 Å². The highest BCUT2D eigenvalue weighted by atomic mass is 16.2. The molecule has 0 aromatic heterocycles. The molecule has 2 amide bonds. The molecule has 1 fully saturated rings. The van der Waals surface area contributed by atoms with Gasteiger partial charge in [-0.1, -0.05) is 79.2 Å². The van der Waals surface area contributed by atoms with E-state index in [1.165, 1.54) is 0 Å². The minimum absolute atomic E-state index is 0.0109. The van der Waals surface area contributed by atoms with Gasteiger partial charge in [0, 0.05) is 24.2 Å². The zero-order valence-electron chi connectivity index (χ0n) is 19.3. The van der Waals surface area contributed by atoms with E-state index in [-0.39, 0.29) is 11.8 Å². The molecule has 1 aliphatic carbocycles. The summed E-state index contributed by atoms with van der Waals surface area (Å²) in [6.45, 7) is 1.35. The Kier molecular flexibility index (Phi) is 6.57. The number of nitrogens with one attached hydrogen (secondary N) is 2. The van der Waals surface area contributed by atoms with E-state index in [9.17, 15) is 9.59 Å². The van der Waals surface area contributed by atoms with E-state index in [0.717, 1.165) is 58.4 Å². The highest BCUT2D eigenvalue weighted by Crippen LogP contribution is 2.29. The van der Waals surface area contributed by atoms with E-state index in [4.69, 9.17) is 0 Å². The molecule has 0 radical (unpaired) electrons. The van der Waals surface area contributed by atoms with Crippen molar-refractivity contribution >= 4 is 33.4 Å². The van der Waals surface area contributed by atoms with E-state index in [1.54, 1.807) is 0 Å². The molecule has 0 saturated heterocycles. The van der Waals surface area contributed by atoms with Crippen molar-refractivity contribution in [1.82, 2.24) is 10.6 Å². The van der Waals surface area contributed by atoms with Gasteiger partial charge in [0.1, 0.15) is 0 Å². The summed E-state index contributed by atoms with van der Waals surface area (Å²) in [7, 11) is 0. The van der Waals surface area contributed by atoms with Crippen molar-refractivity contribution in [2.24, 2.45) is 11.8 Å². The summed E-state index contributed by atoms with van der Waals surface area (Å²) in [5, 5.41) is 10.5. The van der Waals surface area contributed by atoms with Crippen molar-refractivity contribution < 1.29 is 9.59 Å². The molecule has 0 unspecified atom stereocenters. The van der Waals surface area contributed by atoms with Crippen LogP contribution in [0.5, 0.6) is 0 Å². The molecule has 34 heavy (non-hydrogen) atoms. The van der Waals surface area contributed by atoms with Gasteiger partial charge in [-0.05, 0) is 64.8 Å². The van der Waals surface area contributed by atoms with Gasteiger partial charge in [0.25, 0.3) is 11.8 Å². The van der Waals surface area contributed by atoms with Gasteiger partial charge in [0.05, 0.1) is 0 Å². The second kappa shape index (κ2) is 10.1. The van der Waals surface area contributed by atoms with Gasteiger partial charge in [0.2, 0.25) is 0 Å². The average Bonchev–Trinajstić information content (AvgIpc) is 2.90. The molecule has 4 nitrogen and oxygen atoms in total. The first-order chi connectivity index (χ1) is 16.7. The van der Waals surface area contributed by atoms with Crippen LogP contribution in [-0.4, -0.2) is 24.9 Å². The van der Waals surface area contributed by atoms with Crippen LogP contribution in [0.25, 0.3) is 21.5 Å². The van der Waals surface area contributed by atoms with Crippen LogP contribution in [0, 0.1) is 11.8 Å². The number of hydrogen-bond donors (Lipinski definition) is 2. The molecule has 4 aromatic carbocycles. The molecular formula is C30H30N2O2. The number of benzene rings is 4. The minimum atomic E-state index is -0.0109. The molecule has 2 atom stereocenters. The fraction of sp³-hybridized carbons (Fsp3) is 0.267. The summed E-state index contributed by atoms with van der Waals surface area (Å²) in [4.78, 5) is 25.8. The van der Waals surface area contributed by atoms with E-state index < -0.39 is 0 Å². The van der Waals surface area contributed by atoms with Crippen LogP contribution in [0.3, 0.4) is 0 Å². The summed E-state index contributed by atoms with van der Waals surface area (Å²) >= 11 is 0. The maximum atomic E-state index is 12.9. The van der Waals surface area contributed by atoms with Crippen LogP contribution in [0.15, 0.2) is 84.9 Å². The highest BCUT2D eigenvalue weighted by Gasteiger charge is 2.23. The van der Waals surface area contributed by atoms with Crippen molar-refractivity contribution in [3.05, 3.63) is 96.1 Å². The Balaban J connectivity index is 1.16. The van der Waals surface area contributed by atoms with Gasteiger partial charge >= 0.3 is 0 Å². The SMILES string of the molecule is O=C(NC[C@@H]1CCC[C@@H](CNC(=O)c2cccc3ccccc23)C1)c1cccc2ccccc12. The third-order valence-corrected chi connectivity index (χ3v) is 7.06. The Hall–Kier alpha value is -3.66. The van der Waals surface area contributed by atoms with Crippen molar-refractivity contribution in [3.63, 3.8) is 0 Å². The molecule has 0 aliphatic heterocycles.